The maximum Gasteiger partial charge on any atom is 0.264 e. The van der Waals surface area contributed by atoms with E-state index < -0.39 is 0 Å². The number of ether oxygens (including phenoxy) is 1. The molecule has 1 N–H and O–H groups in total. The van der Waals surface area contributed by atoms with Crippen molar-refractivity contribution in [3.05, 3.63) is 65.0 Å². The molecule has 1 aromatic heterocycles. The van der Waals surface area contributed by atoms with Crippen LogP contribution in [0.2, 0.25) is 0 Å². The standard InChI is InChI=1S/C20H20N2O2S/c1-3-15-9-7-8-12-17(15)24-13-18(23)21-20-22-19(14(2)25-20)16-10-5-4-6-11-16/h4-12H,3,13H2,1-2H3,(H,21,22,23). The number of aromatic nitrogens is 1. The summed E-state index contributed by atoms with van der Waals surface area (Å²) in [4.78, 5) is 17.8. The Hall–Kier alpha value is -2.66. The summed E-state index contributed by atoms with van der Waals surface area (Å²) in [6, 6.07) is 17.7. The van der Waals surface area contributed by atoms with Crippen molar-refractivity contribution in [3.63, 3.8) is 0 Å². The van der Waals surface area contributed by atoms with E-state index >= 15 is 0 Å². The van der Waals surface area contributed by atoms with Crippen LogP contribution in [-0.4, -0.2) is 17.5 Å². The predicted octanol–water partition coefficient (Wildman–Crippen LogP) is 4.70. The van der Waals surface area contributed by atoms with Gasteiger partial charge in [0.05, 0.1) is 5.69 Å². The molecule has 1 amide bonds. The molecule has 0 atom stereocenters. The highest BCUT2D eigenvalue weighted by molar-refractivity contribution is 7.16. The van der Waals surface area contributed by atoms with Gasteiger partial charge in [0.1, 0.15) is 5.75 Å². The molecule has 0 fully saturated rings. The van der Waals surface area contributed by atoms with Crippen LogP contribution in [0.1, 0.15) is 17.4 Å². The van der Waals surface area contributed by atoms with Crippen molar-refractivity contribution in [2.75, 3.05) is 11.9 Å². The maximum absolute atomic E-state index is 12.2. The average Bonchev–Trinajstić information content (AvgIpc) is 3.01. The van der Waals surface area contributed by atoms with Gasteiger partial charge in [-0.25, -0.2) is 4.98 Å². The topological polar surface area (TPSA) is 51.2 Å². The normalized spacial score (nSPS) is 10.5. The Morgan fingerprint density at radius 3 is 2.60 bits per heavy atom. The first-order valence-corrected chi connectivity index (χ1v) is 9.02. The van der Waals surface area contributed by atoms with E-state index in [-0.39, 0.29) is 12.5 Å². The van der Waals surface area contributed by atoms with Gasteiger partial charge < -0.3 is 4.74 Å². The van der Waals surface area contributed by atoms with Crippen LogP contribution in [0.15, 0.2) is 54.6 Å². The predicted molar refractivity (Wildman–Crippen MR) is 102 cm³/mol. The van der Waals surface area contributed by atoms with Crippen LogP contribution in [0.4, 0.5) is 5.13 Å². The van der Waals surface area contributed by atoms with E-state index in [9.17, 15) is 4.79 Å². The van der Waals surface area contributed by atoms with Crippen LogP contribution < -0.4 is 10.1 Å². The lowest BCUT2D eigenvalue weighted by atomic mass is 10.1. The summed E-state index contributed by atoms with van der Waals surface area (Å²) in [6.45, 7) is 4.03. The van der Waals surface area contributed by atoms with Gasteiger partial charge in [0.2, 0.25) is 0 Å². The highest BCUT2D eigenvalue weighted by Crippen LogP contribution is 2.30. The Morgan fingerprint density at radius 2 is 1.84 bits per heavy atom. The zero-order valence-corrected chi connectivity index (χ0v) is 15.1. The Labute approximate surface area is 151 Å². The molecule has 0 unspecified atom stereocenters. The Balaban J connectivity index is 1.64. The molecule has 0 aliphatic rings. The molecule has 128 valence electrons. The fourth-order valence-corrected chi connectivity index (χ4v) is 3.40. The first-order chi connectivity index (χ1) is 12.2. The summed E-state index contributed by atoms with van der Waals surface area (Å²) in [7, 11) is 0. The molecule has 0 aliphatic heterocycles. The molecular weight excluding hydrogens is 332 g/mol. The van der Waals surface area contributed by atoms with E-state index in [0.29, 0.717) is 5.13 Å². The molecule has 1 heterocycles. The number of hydrogen-bond donors (Lipinski definition) is 1. The van der Waals surface area contributed by atoms with Crippen LogP contribution in [0.25, 0.3) is 11.3 Å². The minimum atomic E-state index is -0.209. The van der Waals surface area contributed by atoms with Crippen LogP contribution >= 0.6 is 11.3 Å². The molecule has 0 radical (unpaired) electrons. The third-order valence-corrected chi connectivity index (χ3v) is 4.69. The van der Waals surface area contributed by atoms with Gasteiger partial charge in [-0.3, -0.25) is 10.1 Å². The van der Waals surface area contributed by atoms with Gasteiger partial charge in [-0.15, -0.1) is 11.3 Å². The van der Waals surface area contributed by atoms with E-state index in [4.69, 9.17) is 4.74 Å². The minimum Gasteiger partial charge on any atom is -0.483 e. The van der Waals surface area contributed by atoms with E-state index in [1.165, 1.54) is 11.3 Å². The highest BCUT2D eigenvalue weighted by Gasteiger charge is 2.12. The molecule has 0 bridgehead atoms. The number of hydrogen-bond acceptors (Lipinski definition) is 4. The number of anilines is 1. The van der Waals surface area contributed by atoms with E-state index in [2.05, 4.69) is 17.2 Å². The van der Waals surface area contributed by atoms with Crippen molar-refractivity contribution < 1.29 is 9.53 Å². The number of carbonyl (C=O) groups is 1. The summed E-state index contributed by atoms with van der Waals surface area (Å²) in [5.41, 5.74) is 3.04. The molecule has 3 rings (SSSR count). The second-order valence-corrected chi connectivity index (χ2v) is 6.79. The van der Waals surface area contributed by atoms with Gasteiger partial charge >= 0.3 is 0 Å². The van der Waals surface area contributed by atoms with Gasteiger partial charge in [0.25, 0.3) is 5.91 Å². The van der Waals surface area contributed by atoms with Crippen LogP contribution in [0.5, 0.6) is 5.75 Å². The van der Waals surface area contributed by atoms with Gasteiger partial charge in [-0.1, -0.05) is 55.5 Å². The summed E-state index contributed by atoms with van der Waals surface area (Å²) in [6.07, 6.45) is 0.865. The Morgan fingerprint density at radius 1 is 1.12 bits per heavy atom. The molecule has 0 aliphatic carbocycles. The second-order valence-electron chi connectivity index (χ2n) is 5.59. The minimum absolute atomic E-state index is 0.0314. The summed E-state index contributed by atoms with van der Waals surface area (Å²) >= 11 is 1.47. The van der Waals surface area contributed by atoms with Crippen molar-refractivity contribution in [3.8, 4) is 17.0 Å². The molecule has 3 aromatic rings. The van der Waals surface area contributed by atoms with Crippen molar-refractivity contribution in [2.45, 2.75) is 20.3 Å². The second kappa shape index (κ2) is 7.94. The molecule has 4 nitrogen and oxygen atoms in total. The number of nitrogens with one attached hydrogen (secondary N) is 1. The number of rotatable bonds is 6. The third-order valence-electron chi connectivity index (χ3n) is 3.80. The molecule has 5 heteroatoms. The quantitative estimate of drug-likeness (QED) is 0.700. The number of amides is 1. The fourth-order valence-electron chi connectivity index (χ4n) is 2.55. The maximum atomic E-state index is 12.2. The van der Waals surface area contributed by atoms with Gasteiger partial charge in [0.15, 0.2) is 11.7 Å². The van der Waals surface area contributed by atoms with Crippen molar-refractivity contribution in [1.82, 2.24) is 4.98 Å². The van der Waals surface area contributed by atoms with Crippen LogP contribution in [-0.2, 0) is 11.2 Å². The number of carbonyl (C=O) groups excluding carboxylic acids is 1. The summed E-state index contributed by atoms with van der Waals surface area (Å²) in [5, 5.41) is 3.42. The summed E-state index contributed by atoms with van der Waals surface area (Å²) < 4.78 is 5.65. The monoisotopic (exact) mass is 352 g/mol. The SMILES string of the molecule is CCc1ccccc1OCC(=O)Nc1nc(-c2ccccc2)c(C)s1. The first kappa shape index (κ1) is 17.2. The number of para-hydroxylation sites is 1. The number of thiazole rings is 1. The zero-order valence-electron chi connectivity index (χ0n) is 14.3. The number of benzene rings is 2. The highest BCUT2D eigenvalue weighted by atomic mass is 32.1. The molecular formula is C20H20N2O2S. The number of aryl methyl sites for hydroxylation is 2. The van der Waals surface area contributed by atoms with E-state index in [1.54, 1.807) is 0 Å². The smallest absolute Gasteiger partial charge is 0.264 e. The average molecular weight is 352 g/mol. The van der Waals surface area contributed by atoms with Crippen molar-refractivity contribution in [1.29, 1.82) is 0 Å². The molecule has 0 saturated heterocycles. The van der Waals surface area contributed by atoms with Crippen molar-refractivity contribution in [2.24, 2.45) is 0 Å². The summed E-state index contributed by atoms with van der Waals surface area (Å²) in [5.74, 6) is 0.541. The third kappa shape index (κ3) is 4.25. The Kier molecular flexibility index (Phi) is 5.46. The zero-order chi connectivity index (χ0) is 17.6. The lowest BCUT2D eigenvalue weighted by molar-refractivity contribution is -0.118. The lowest BCUT2D eigenvalue weighted by Crippen LogP contribution is -2.20. The molecule has 0 spiro atoms. The van der Waals surface area contributed by atoms with E-state index in [0.717, 1.165) is 33.9 Å². The molecule has 0 saturated carbocycles. The number of nitrogens with zero attached hydrogens (tertiary/aromatic N) is 1. The van der Waals surface area contributed by atoms with Crippen LogP contribution in [0, 0.1) is 6.92 Å². The van der Waals surface area contributed by atoms with Crippen molar-refractivity contribution >= 4 is 22.4 Å². The fraction of sp³-hybridized carbons (Fsp3) is 0.200. The Bertz CT molecular complexity index is 859. The van der Waals surface area contributed by atoms with Gasteiger partial charge in [0, 0.05) is 10.4 Å². The van der Waals surface area contributed by atoms with Gasteiger partial charge in [-0.2, -0.15) is 0 Å². The largest absolute Gasteiger partial charge is 0.483 e. The first-order valence-electron chi connectivity index (χ1n) is 8.20. The lowest BCUT2D eigenvalue weighted by Gasteiger charge is -2.09. The molecule has 25 heavy (non-hydrogen) atoms. The van der Waals surface area contributed by atoms with Gasteiger partial charge in [-0.05, 0) is 25.0 Å². The van der Waals surface area contributed by atoms with E-state index in [1.807, 2.05) is 61.5 Å². The molecule has 2 aromatic carbocycles. The van der Waals surface area contributed by atoms with Crippen LogP contribution in [0.3, 0.4) is 0 Å².